The number of anilines is 1. The van der Waals surface area contributed by atoms with Gasteiger partial charge in [0.15, 0.2) is 6.61 Å². The van der Waals surface area contributed by atoms with E-state index in [1.165, 1.54) is 12.1 Å². The smallest absolute Gasteiger partial charge is 0.340 e. The first kappa shape index (κ1) is 18.0. The van der Waals surface area contributed by atoms with Crippen LogP contribution in [0.2, 0.25) is 0 Å². The molecule has 2 N–H and O–H groups in total. The molecule has 0 saturated heterocycles. The lowest BCUT2D eigenvalue weighted by Crippen LogP contribution is -2.31. The van der Waals surface area contributed by atoms with Crippen LogP contribution < -0.4 is 10.0 Å². The number of ether oxygens (including phenoxy) is 1. The van der Waals surface area contributed by atoms with Crippen molar-refractivity contribution in [1.82, 2.24) is 5.32 Å². The van der Waals surface area contributed by atoms with Gasteiger partial charge in [-0.1, -0.05) is 26.0 Å². The molecular formula is C14H20N2O5S. The first-order valence-corrected chi connectivity index (χ1v) is 8.59. The molecule has 1 aromatic rings. The molecule has 1 rings (SSSR count). The first-order chi connectivity index (χ1) is 10.2. The van der Waals surface area contributed by atoms with E-state index in [0.717, 1.165) is 6.26 Å². The predicted octanol–water partition coefficient (Wildman–Crippen LogP) is 0.987. The monoisotopic (exact) mass is 328 g/mol. The lowest BCUT2D eigenvalue weighted by molar-refractivity contribution is -0.124. The van der Waals surface area contributed by atoms with Crippen molar-refractivity contribution in [1.29, 1.82) is 0 Å². The largest absolute Gasteiger partial charge is 0.452 e. The number of esters is 1. The van der Waals surface area contributed by atoms with Gasteiger partial charge in [-0.15, -0.1) is 0 Å². The van der Waals surface area contributed by atoms with Gasteiger partial charge in [0.2, 0.25) is 10.0 Å². The van der Waals surface area contributed by atoms with Crippen LogP contribution in [0.3, 0.4) is 0 Å². The van der Waals surface area contributed by atoms with E-state index in [4.69, 9.17) is 4.74 Å². The summed E-state index contributed by atoms with van der Waals surface area (Å²) in [6.45, 7) is 3.96. The third-order valence-corrected chi connectivity index (χ3v) is 3.07. The van der Waals surface area contributed by atoms with Crippen molar-refractivity contribution in [2.24, 2.45) is 5.92 Å². The molecule has 8 heteroatoms. The summed E-state index contributed by atoms with van der Waals surface area (Å²) in [5.74, 6) is -0.888. The van der Waals surface area contributed by atoms with Crippen molar-refractivity contribution in [3.8, 4) is 0 Å². The molecule has 7 nitrogen and oxygen atoms in total. The molecule has 0 heterocycles. The van der Waals surface area contributed by atoms with E-state index in [-0.39, 0.29) is 11.3 Å². The maximum absolute atomic E-state index is 12.0. The fourth-order valence-corrected chi connectivity index (χ4v) is 2.11. The number of para-hydroxylation sites is 1. The molecule has 0 aliphatic rings. The maximum Gasteiger partial charge on any atom is 0.340 e. The second kappa shape index (κ2) is 7.79. The first-order valence-electron chi connectivity index (χ1n) is 6.69. The van der Waals surface area contributed by atoms with Gasteiger partial charge in [0, 0.05) is 6.54 Å². The van der Waals surface area contributed by atoms with Crippen LogP contribution in [0.15, 0.2) is 24.3 Å². The molecule has 0 unspecified atom stereocenters. The van der Waals surface area contributed by atoms with E-state index in [2.05, 4.69) is 10.0 Å². The number of carbonyl (C=O) groups is 2. The van der Waals surface area contributed by atoms with Gasteiger partial charge in [0.1, 0.15) is 0 Å². The van der Waals surface area contributed by atoms with Crippen LogP contribution in [0, 0.1) is 5.92 Å². The molecule has 0 spiro atoms. The number of rotatable bonds is 7. The van der Waals surface area contributed by atoms with Crippen LogP contribution in [0.25, 0.3) is 0 Å². The average molecular weight is 328 g/mol. The van der Waals surface area contributed by atoms with Crippen molar-refractivity contribution in [2.75, 3.05) is 24.1 Å². The highest BCUT2D eigenvalue weighted by Gasteiger charge is 2.16. The van der Waals surface area contributed by atoms with Crippen LogP contribution in [-0.4, -0.2) is 39.7 Å². The molecule has 0 aliphatic heterocycles. The zero-order valence-electron chi connectivity index (χ0n) is 12.8. The number of nitrogens with one attached hydrogen (secondary N) is 2. The number of hydrogen-bond donors (Lipinski definition) is 2. The van der Waals surface area contributed by atoms with Crippen molar-refractivity contribution >= 4 is 27.6 Å². The minimum absolute atomic E-state index is 0.0459. The molecule has 0 aromatic heterocycles. The highest BCUT2D eigenvalue weighted by atomic mass is 32.2. The van der Waals surface area contributed by atoms with Crippen molar-refractivity contribution in [3.63, 3.8) is 0 Å². The van der Waals surface area contributed by atoms with Gasteiger partial charge < -0.3 is 10.1 Å². The Morgan fingerprint density at radius 3 is 2.45 bits per heavy atom. The Labute approximate surface area is 130 Å². The molecule has 1 aromatic carbocycles. The lowest BCUT2D eigenvalue weighted by atomic mass is 10.2. The zero-order chi connectivity index (χ0) is 16.8. The Hall–Kier alpha value is -2.09. The molecule has 0 radical (unpaired) electrons. The summed E-state index contributed by atoms with van der Waals surface area (Å²) in [5, 5.41) is 2.61. The van der Waals surface area contributed by atoms with E-state index in [0.29, 0.717) is 12.5 Å². The van der Waals surface area contributed by atoms with Gasteiger partial charge in [-0.2, -0.15) is 0 Å². The van der Waals surface area contributed by atoms with E-state index in [1.54, 1.807) is 12.1 Å². The molecule has 0 aliphatic carbocycles. The Kier molecular flexibility index (Phi) is 6.36. The molecule has 22 heavy (non-hydrogen) atoms. The molecular weight excluding hydrogens is 308 g/mol. The van der Waals surface area contributed by atoms with E-state index in [9.17, 15) is 18.0 Å². The van der Waals surface area contributed by atoms with E-state index in [1.807, 2.05) is 13.8 Å². The fraction of sp³-hybridized carbons (Fsp3) is 0.429. The van der Waals surface area contributed by atoms with Crippen LogP contribution in [-0.2, 0) is 19.6 Å². The second-order valence-corrected chi connectivity index (χ2v) is 6.94. The number of benzene rings is 1. The number of carbonyl (C=O) groups excluding carboxylic acids is 2. The Morgan fingerprint density at radius 2 is 1.86 bits per heavy atom. The highest BCUT2D eigenvalue weighted by molar-refractivity contribution is 7.92. The van der Waals surface area contributed by atoms with Crippen molar-refractivity contribution in [3.05, 3.63) is 29.8 Å². The van der Waals surface area contributed by atoms with Crippen LogP contribution >= 0.6 is 0 Å². The highest BCUT2D eigenvalue weighted by Crippen LogP contribution is 2.17. The van der Waals surface area contributed by atoms with Crippen LogP contribution in [0.4, 0.5) is 5.69 Å². The summed E-state index contributed by atoms with van der Waals surface area (Å²) in [4.78, 5) is 23.5. The number of amides is 1. The summed E-state index contributed by atoms with van der Waals surface area (Å²) in [6, 6.07) is 6.01. The third kappa shape index (κ3) is 6.57. The predicted molar refractivity (Wildman–Crippen MR) is 83.0 cm³/mol. The van der Waals surface area contributed by atoms with E-state index >= 15 is 0 Å². The SMILES string of the molecule is CC(C)CNC(=O)COC(=O)c1ccccc1NS(C)(=O)=O. The summed E-state index contributed by atoms with van der Waals surface area (Å²) in [6.07, 6.45) is 0.981. The fourth-order valence-electron chi connectivity index (χ4n) is 1.53. The van der Waals surface area contributed by atoms with E-state index < -0.39 is 28.5 Å². The van der Waals surface area contributed by atoms with Gasteiger partial charge in [0.05, 0.1) is 17.5 Å². The summed E-state index contributed by atoms with van der Waals surface area (Å²) in [7, 11) is -3.52. The normalized spacial score (nSPS) is 11.1. The Morgan fingerprint density at radius 1 is 1.23 bits per heavy atom. The van der Waals surface area contributed by atoms with Crippen LogP contribution in [0.1, 0.15) is 24.2 Å². The average Bonchev–Trinajstić information content (AvgIpc) is 2.41. The zero-order valence-corrected chi connectivity index (χ0v) is 13.6. The maximum atomic E-state index is 12.0. The second-order valence-electron chi connectivity index (χ2n) is 5.19. The van der Waals surface area contributed by atoms with Crippen molar-refractivity contribution in [2.45, 2.75) is 13.8 Å². The van der Waals surface area contributed by atoms with Gasteiger partial charge in [-0.25, -0.2) is 13.2 Å². The van der Waals surface area contributed by atoms with Crippen molar-refractivity contribution < 1.29 is 22.7 Å². The quantitative estimate of drug-likeness (QED) is 0.727. The van der Waals surface area contributed by atoms with Gasteiger partial charge >= 0.3 is 5.97 Å². The molecule has 0 fully saturated rings. The van der Waals surface area contributed by atoms with Crippen LogP contribution in [0.5, 0.6) is 0 Å². The topological polar surface area (TPSA) is 102 Å². The molecule has 122 valence electrons. The van der Waals surface area contributed by atoms with Gasteiger partial charge in [-0.05, 0) is 18.1 Å². The minimum atomic E-state index is -3.52. The minimum Gasteiger partial charge on any atom is -0.452 e. The summed E-state index contributed by atoms with van der Waals surface area (Å²) < 4.78 is 29.6. The Balaban J connectivity index is 2.68. The number of hydrogen-bond acceptors (Lipinski definition) is 5. The molecule has 1 amide bonds. The summed E-state index contributed by atoms with van der Waals surface area (Å²) in [5.41, 5.74) is 0.155. The number of sulfonamides is 1. The third-order valence-electron chi connectivity index (χ3n) is 2.48. The molecule has 0 saturated carbocycles. The molecule has 0 atom stereocenters. The van der Waals surface area contributed by atoms with Gasteiger partial charge in [-0.3, -0.25) is 9.52 Å². The summed E-state index contributed by atoms with van der Waals surface area (Å²) >= 11 is 0. The Bertz CT molecular complexity index is 640. The van der Waals surface area contributed by atoms with Gasteiger partial charge in [0.25, 0.3) is 5.91 Å². The lowest BCUT2D eigenvalue weighted by Gasteiger charge is -2.11. The standard InChI is InChI=1S/C14H20N2O5S/c1-10(2)8-15-13(17)9-21-14(18)11-6-4-5-7-12(11)16-22(3,19)20/h4-7,10,16H,8-9H2,1-3H3,(H,15,17). The molecule has 0 bridgehead atoms.